The molecule has 0 aromatic heterocycles. The maximum atomic E-state index is 6.28. The van der Waals surface area contributed by atoms with Crippen molar-refractivity contribution in [3.8, 4) is 0 Å². The lowest BCUT2D eigenvalue weighted by atomic mass is 10.0. The van der Waals surface area contributed by atoms with Crippen LogP contribution in [0.3, 0.4) is 0 Å². The van der Waals surface area contributed by atoms with Gasteiger partial charge in [0, 0.05) is 34.2 Å². The second kappa shape index (κ2) is 5.79. The van der Waals surface area contributed by atoms with Gasteiger partial charge in [0.1, 0.15) is 0 Å². The third-order valence-electron chi connectivity index (χ3n) is 3.99. The average molecular weight is 287 g/mol. The fourth-order valence-electron chi connectivity index (χ4n) is 2.51. The van der Waals surface area contributed by atoms with Crippen LogP contribution in [0.1, 0.15) is 31.4 Å². The van der Waals surface area contributed by atoms with Crippen LogP contribution in [0.4, 0.5) is 0 Å². The Labute approximate surface area is 119 Å². The molecule has 0 amide bonds. The quantitative estimate of drug-likeness (QED) is 0.894. The summed E-state index contributed by atoms with van der Waals surface area (Å²) in [6.07, 6.45) is 2.64. The summed E-state index contributed by atoms with van der Waals surface area (Å²) in [7, 11) is 2.11. The van der Waals surface area contributed by atoms with E-state index in [1.54, 1.807) is 0 Å². The molecule has 100 valence electrons. The van der Waals surface area contributed by atoms with Crippen molar-refractivity contribution in [3.05, 3.63) is 33.8 Å². The van der Waals surface area contributed by atoms with Gasteiger partial charge in [-0.2, -0.15) is 0 Å². The minimum atomic E-state index is 0.0850. The predicted octanol–water partition coefficient (Wildman–Crippen LogP) is 3.72. The van der Waals surface area contributed by atoms with Gasteiger partial charge in [0.15, 0.2) is 0 Å². The molecule has 2 N–H and O–H groups in total. The lowest BCUT2D eigenvalue weighted by Gasteiger charge is -2.33. The molecule has 0 bridgehead atoms. The number of hydrogen-bond acceptors (Lipinski definition) is 2. The first-order chi connectivity index (χ1) is 8.56. The smallest absolute Gasteiger partial charge is 0.0499 e. The highest BCUT2D eigenvalue weighted by molar-refractivity contribution is 6.36. The van der Waals surface area contributed by atoms with Gasteiger partial charge in [-0.05, 0) is 44.9 Å². The number of nitrogens with two attached hydrogens (primary N) is 1. The van der Waals surface area contributed by atoms with Crippen LogP contribution in [0.2, 0.25) is 10.0 Å². The molecular weight excluding hydrogens is 267 g/mol. The fraction of sp³-hybridized carbons (Fsp3) is 0.571. The van der Waals surface area contributed by atoms with Gasteiger partial charge in [-0.1, -0.05) is 29.3 Å². The SMILES string of the molecule is CC(C1CC1)N(C)C(CN)c1c(Cl)cccc1Cl. The zero-order valence-electron chi connectivity index (χ0n) is 10.9. The minimum absolute atomic E-state index is 0.0850. The Morgan fingerprint density at radius 2 is 1.89 bits per heavy atom. The first kappa shape index (κ1) is 14.1. The summed E-state index contributed by atoms with van der Waals surface area (Å²) in [5.41, 5.74) is 6.90. The Bertz CT molecular complexity index is 398. The maximum Gasteiger partial charge on any atom is 0.0499 e. The molecule has 0 aliphatic heterocycles. The summed E-state index contributed by atoms with van der Waals surface area (Å²) in [5.74, 6) is 0.797. The van der Waals surface area contributed by atoms with Gasteiger partial charge in [0.25, 0.3) is 0 Å². The average Bonchev–Trinajstić information content (AvgIpc) is 3.16. The van der Waals surface area contributed by atoms with Crippen LogP contribution in [0, 0.1) is 5.92 Å². The highest BCUT2D eigenvalue weighted by Crippen LogP contribution is 2.39. The number of nitrogens with zero attached hydrogens (tertiary/aromatic N) is 1. The van der Waals surface area contributed by atoms with E-state index in [0.29, 0.717) is 22.6 Å². The van der Waals surface area contributed by atoms with E-state index in [0.717, 1.165) is 11.5 Å². The van der Waals surface area contributed by atoms with Gasteiger partial charge in [0.05, 0.1) is 0 Å². The zero-order chi connectivity index (χ0) is 13.3. The number of benzene rings is 1. The first-order valence-corrected chi connectivity index (χ1v) is 7.17. The Kier molecular flexibility index (Phi) is 4.54. The van der Waals surface area contributed by atoms with Crippen molar-refractivity contribution >= 4 is 23.2 Å². The Balaban J connectivity index is 2.26. The molecule has 1 saturated carbocycles. The standard InChI is InChI=1S/C14H20Cl2N2/c1-9(10-6-7-10)18(2)13(8-17)14-11(15)4-3-5-12(14)16/h3-5,9-10,13H,6-8,17H2,1-2H3. The van der Waals surface area contributed by atoms with E-state index in [9.17, 15) is 0 Å². The van der Waals surface area contributed by atoms with Gasteiger partial charge < -0.3 is 5.73 Å². The van der Waals surface area contributed by atoms with Gasteiger partial charge in [-0.3, -0.25) is 4.90 Å². The maximum absolute atomic E-state index is 6.28. The molecule has 2 rings (SSSR count). The molecule has 0 saturated heterocycles. The second-order valence-electron chi connectivity index (χ2n) is 5.13. The molecular formula is C14H20Cl2N2. The number of halogens is 2. The predicted molar refractivity (Wildman–Crippen MR) is 78.2 cm³/mol. The second-order valence-corrected chi connectivity index (χ2v) is 5.94. The van der Waals surface area contributed by atoms with Crippen LogP contribution in [0.5, 0.6) is 0 Å². The van der Waals surface area contributed by atoms with E-state index >= 15 is 0 Å². The Morgan fingerprint density at radius 3 is 2.33 bits per heavy atom. The fourth-order valence-corrected chi connectivity index (χ4v) is 3.16. The molecule has 18 heavy (non-hydrogen) atoms. The minimum Gasteiger partial charge on any atom is -0.329 e. The zero-order valence-corrected chi connectivity index (χ0v) is 12.4. The van der Waals surface area contributed by atoms with E-state index in [2.05, 4.69) is 18.9 Å². The van der Waals surface area contributed by atoms with Crippen LogP contribution < -0.4 is 5.73 Å². The van der Waals surface area contributed by atoms with Gasteiger partial charge >= 0.3 is 0 Å². The van der Waals surface area contributed by atoms with Crippen molar-refractivity contribution in [2.75, 3.05) is 13.6 Å². The molecule has 2 atom stereocenters. The van der Waals surface area contributed by atoms with Crippen molar-refractivity contribution in [2.45, 2.75) is 31.8 Å². The molecule has 0 heterocycles. The molecule has 2 unspecified atom stereocenters. The molecule has 0 radical (unpaired) electrons. The van der Waals surface area contributed by atoms with Crippen molar-refractivity contribution < 1.29 is 0 Å². The van der Waals surface area contributed by atoms with Crippen molar-refractivity contribution in [1.29, 1.82) is 0 Å². The first-order valence-electron chi connectivity index (χ1n) is 6.42. The summed E-state index contributed by atoms with van der Waals surface area (Å²) in [4.78, 5) is 2.31. The summed E-state index contributed by atoms with van der Waals surface area (Å²) in [5, 5.41) is 1.40. The molecule has 0 spiro atoms. The van der Waals surface area contributed by atoms with Crippen LogP contribution in [0.25, 0.3) is 0 Å². The number of likely N-dealkylation sites (N-methyl/N-ethyl adjacent to an activating group) is 1. The highest BCUT2D eigenvalue weighted by Gasteiger charge is 2.34. The van der Waals surface area contributed by atoms with E-state index in [1.807, 2.05) is 18.2 Å². The van der Waals surface area contributed by atoms with E-state index in [-0.39, 0.29) is 6.04 Å². The third kappa shape index (κ3) is 2.83. The van der Waals surface area contributed by atoms with Crippen molar-refractivity contribution in [1.82, 2.24) is 4.90 Å². The highest BCUT2D eigenvalue weighted by atomic mass is 35.5. The monoisotopic (exact) mass is 286 g/mol. The number of hydrogen-bond donors (Lipinski definition) is 1. The van der Waals surface area contributed by atoms with E-state index in [4.69, 9.17) is 28.9 Å². The molecule has 1 aliphatic carbocycles. The summed E-state index contributed by atoms with van der Waals surface area (Å²) < 4.78 is 0. The summed E-state index contributed by atoms with van der Waals surface area (Å²) in [6.45, 7) is 2.78. The number of rotatable bonds is 5. The molecule has 1 aromatic rings. The largest absolute Gasteiger partial charge is 0.329 e. The van der Waals surface area contributed by atoms with Crippen LogP contribution >= 0.6 is 23.2 Å². The van der Waals surface area contributed by atoms with E-state index in [1.165, 1.54) is 12.8 Å². The van der Waals surface area contributed by atoms with Gasteiger partial charge in [-0.25, -0.2) is 0 Å². The van der Waals surface area contributed by atoms with Gasteiger partial charge in [0.2, 0.25) is 0 Å². The molecule has 1 aliphatic rings. The normalized spacial score (nSPS) is 19.0. The van der Waals surface area contributed by atoms with E-state index < -0.39 is 0 Å². The van der Waals surface area contributed by atoms with Crippen LogP contribution in [-0.4, -0.2) is 24.5 Å². The topological polar surface area (TPSA) is 29.3 Å². The third-order valence-corrected chi connectivity index (χ3v) is 4.65. The van der Waals surface area contributed by atoms with Crippen molar-refractivity contribution in [2.24, 2.45) is 11.7 Å². The summed E-state index contributed by atoms with van der Waals surface area (Å²) in [6, 6.07) is 6.22. The lowest BCUT2D eigenvalue weighted by molar-refractivity contribution is 0.171. The molecule has 1 fully saturated rings. The molecule has 1 aromatic carbocycles. The Hall–Kier alpha value is -0.280. The molecule has 2 nitrogen and oxygen atoms in total. The van der Waals surface area contributed by atoms with Crippen LogP contribution in [-0.2, 0) is 0 Å². The lowest BCUT2D eigenvalue weighted by Crippen LogP contribution is -2.38. The van der Waals surface area contributed by atoms with Crippen LogP contribution in [0.15, 0.2) is 18.2 Å². The molecule has 4 heteroatoms. The van der Waals surface area contributed by atoms with Crippen molar-refractivity contribution in [3.63, 3.8) is 0 Å². The Morgan fingerprint density at radius 1 is 1.33 bits per heavy atom. The van der Waals surface area contributed by atoms with Gasteiger partial charge in [-0.15, -0.1) is 0 Å². The summed E-state index contributed by atoms with van der Waals surface area (Å²) >= 11 is 12.6.